The summed E-state index contributed by atoms with van der Waals surface area (Å²) in [5.41, 5.74) is 5.31. The van der Waals surface area contributed by atoms with Gasteiger partial charge >= 0.3 is 0 Å². The van der Waals surface area contributed by atoms with Gasteiger partial charge in [-0.3, -0.25) is 0 Å². The van der Waals surface area contributed by atoms with Crippen LogP contribution >= 0.6 is 11.6 Å². The fourth-order valence-corrected chi connectivity index (χ4v) is 3.38. The summed E-state index contributed by atoms with van der Waals surface area (Å²) in [5.74, 6) is 1.07. The van der Waals surface area contributed by atoms with Crippen LogP contribution in [0.2, 0.25) is 5.02 Å². The van der Waals surface area contributed by atoms with E-state index in [0.29, 0.717) is 30.4 Å². The maximum absolute atomic E-state index is 6.11. The Kier molecular flexibility index (Phi) is 5.17. The summed E-state index contributed by atoms with van der Waals surface area (Å²) in [5, 5.41) is 9.20. The predicted octanol–water partition coefficient (Wildman–Crippen LogP) is 4.91. The van der Waals surface area contributed by atoms with E-state index in [1.165, 1.54) is 16.7 Å². The lowest BCUT2D eigenvalue weighted by Gasteiger charge is -2.05. The third-order valence-electron chi connectivity index (χ3n) is 4.80. The summed E-state index contributed by atoms with van der Waals surface area (Å²) in [6.07, 6.45) is 3.45. The van der Waals surface area contributed by atoms with Gasteiger partial charge in [-0.1, -0.05) is 47.6 Å². The Hall–Kier alpha value is -3.05. The molecule has 0 atom stereocenters. The molecule has 0 aliphatic rings. The van der Waals surface area contributed by atoms with E-state index in [1.807, 2.05) is 36.5 Å². The number of H-pyrrole nitrogens is 1. The predicted molar refractivity (Wildman–Crippen MR) is 112 cm³/mol. The second kappa shape index (κ2) is 7.90. The number of nitrogens with one attached hydrogen (secondary N) is 2. The van der Waals surface area contributed by atoms with Crippen molar-refractivity contribution in [2.75, 3.05) is 6.54 Å². The number of aromatic amines is 1. The number of rotatable bonds is 7. The first kappa shape index (κ1) is 18.3. The topological polar surface area (TPSA) is 66.7 Å². The van der Waals surface area contributed by atoms with E-state index in [4.69, 9.17) is 16.1 Å². The van der Waals surface area contributed by atoms with Gasteiger partial charge in [0.1, 0.15) is 0 Å². The first-order chi connectivity index (χ1) is 13.6. The minimum atomic E-state index is 0.491. The standard InChI is InChI=1S/C22H21ClN4O/c1-14-5-3-4-6-16(14)11-21-26-22(27-28-21)15(2)24-10-9-17-13-25-20-8-7-18(23)12-19(17)20/h3-8,12-13,24-25H,2,9-11H2,1H3. The second-order valence-electron chi connectivity index (χ2n) is 6.77. The molecule has 0 aliphatic carbocycles. The van der Waals surface area contributed by atoms with Crippen LogP contribution in [0.15, 0.2) is 59.8 Å². The molecule has 2 aromatic heterocycles. The number of aryl methyl sites for hydroxylation is 1. The first-order valence-electron chi connectivity index (χ1n) is 9.16. The molecule has 0 aliphatic heterocycles. The Labute approximate surface area is 168 Å². The van der Waals surface area contributed by atoms with Crippen molar-refractivity contribution >= 4 is 28.2 Å². The molecule has 142 valence electrons. The molecule has 0 spiro atoms. The van der Waals surface area contributed by atoms with Crippen LogP contribution in [0.1, 0.15) is 28.4 Å². The molecule has 0 amide bonds. The molecular formula is C22H21ClN4O. The maximum Gasteiger partial charge on any atom is 0.231 e. The minimum Gasteiger partial charge on any atom is -0.382 e. The maximum atomic E-state index is 6.11. The molecule has 5 nitrogen and oxygen atoms in total. The van der Waals surface area contributed by atoms with E-state index in [2.05, 4.69) is 46.1 Å². The number of benzene rings is 2. The van der Waals surface area contributed by atoms with Gasteiger partial charge in [0.2, 0.25) is 11.7 Å². The summed E-state index contributed by atoms with van der Waals surface area (Å²) in [6.45, 7) is 6.82. The van der Waals surface area contributed by atoms with Gasteiger partial charge in [-0.25, -0.2) is 0 Å². The van der Waals surface area contributed by atoms with Crippen molar-refractivity contribution < 1.29 is 4.52 Å². The quantitative estimate of drug-likeness (QED) is 0.469. The second-order valence-corrected chi connectivity index (χ2v) is 7.21. The van der Waals surface area contributed by atoms with Crippen LogP contribution in [0.25, 0.3) is 16.6 Å². The molecule has 0 saturated heterocycles. The van der Waals surface area contributed by atoms with Crippen molar-refractivity contribution in [3.63, 3.8) is 0 Å². The monoisotopic (exact) mass is 392 g/mol. The minimum absolute atomic E-state index is 0.491. The number of aromatic nitrogens is 3. The number of nitrogens with zero attached hydrogens (tertiary/aromatic N) is 2. The van der Waals surface area contributed by atoms with Crippen LogP contribution in [0.5, 0.6) is 0 Å². The molecule has 0 bridgehead atoms. The Morgan fingerprint density at radius 3 is 2.93 bits per heavy atom. The van der Waals surface area contributed by atoms with Crippen molar-refractivity contribution in [2.24, 2.45) is 0 Å². The van der Waals surface area contributed by atoms with Crippen molar-refractivity contribution in [3.05, 3.63) is 88.7 Å². The van der Waals surface area contributed by atoms with Crippen molar-refractivity contribution in [2.45, 2.75) is 19.8 Å². The van der Waals surface area contributed by atoms with Gasteiger partial charge in [-0.2, -0.15) is 4.98 Å². The number of hydrogen-bond acceptors (Lipinski definition) is 4. The third kappa shape index (κ3) is 3.94. The van der Waals surface area contributed by atoms with Crippen LogP contribution in [0, 0.1) is 6.92 Å². The molecule has 0 saturated carbocycles. The smallest absolute Gasteiger partial charge is 0.231 e. The molecule has 28 heavy (non-hydrogen) atoms. The lowest BCUT2D eigenvalue weighted by atomic mass is 10.1. The molecule has 0 radical (unpaired) electrons. The van der Waals surface area contributed by atoms with Gasteiger partial charge in [0.25, 0.3) is 0 Å². The summed E-state index contributed by atoms with van der Waals surface area (Å²) in [7, 11) is 0. The number of hydrogen-bond donors (Lipinski definition) is 2. The average Bonchev–Trinajstić information content (AvgIpc) is 3.31. The zero-order valence-electron chi connectivity index (χ0n) is 15.6. The molecule has 4 rings (SSSR count). The summed E-state index contributed by atoms with van der Waals surface area (Å²) in [4.78, 5) is 7.73. The van der Waals surface area contributed by atoms with Crippen LogP contribution in [0.3, 0.4) is 0 Å². The van der Waals surface area contributed by atoms with Crippen molar-refractivity contribution in [1.29, 1.82) is 0 Å². The molecule has 2 aromatic carbocycles. The highest BCUT2D eigenvalue weighted by Gasteiger charge is 2.11. The molecule has 0 fully saturated rings. The van der Waals surface area contributed by atoms with Gasteiger partial charge in [0.15, 0.2) is 0 Å². The number of fused-ring (bicyclic) bond motifs is 1. The Morgan fingerprint density at radius 1 is 1.21 bits per heavy atom. The van der Waals surface area contributed by atoms with E-state index in [1.54, 1.807) is 0 Å². The number of halogens is 1. The zero-order valence-corrected chi connectivity index (χ0v) is 16.4. The SMILES string of the molecule is C=C(NCCc1c[nH]c2ccc(Cl)cc12)c1noc(Cc2ccccc2C)n1. The van der Waals surface area contributed by atoms with Crippen molar-refractivity contribution in [3.8, 4) is 0 Å². The van der Waals surface area contributed by atoms with Crippen LogP contribution in [-0.2, 0) is 12.8 Å². The highest BCUT2D eigenvalue weighted by molar-refractivity contribution is 6.31. The molecule has 4 aromatic rings. The van der Waals surface area contributed by atoms with Gasteiger partial charge in [0.05, 0.1) is 12.1 Å². The normalized spacial score (nSPS) is 11.1. The van der Waals surface area contributed by atoms with Crippen LogP contribution < -0.4 is 5.32 Å². The molecule has 0 unspecified atom stereocenters. The zero-order chi connectivity index (χ0) is 19.5. The molecular weight excluding hydrogens is 372 g/mol. The highest BCUT2D eigenvalue weighted by atomic mass is 35.5. The summed E-state index contributed by atoms with van der Waals surface area (Å²) in [6, 6.07) is 14.0. The van der Waals surface area contributed by atoms with E-state index >= 15 is 0 Å². The largest absolute Gasteiger partial charge is 0.382 e. The van der Waals surface area contributed by atoms with E-state index in [9.17, 15) is 0 Å². The van der Waals surface area contributed by atoms with Crippen LogP contribution in [0.4, 0.5) is 0 Å². The van der Waals surface area contributed by atoms with Gasteiger partial charge in [-0.05, 0) is 48.2 Å². The van der Waals surface area contributed by atoms with Gasteiger partial charge in [0, 0.05) is 28.7 Å². The summed E-state index contributed by atoms with van der Waals surface area (Å²) >= 11 is 6.11. The first-order valence-corrected chi connectivity index (χ1v) is 9.53. The molecule has 6 heteroatoms. The fraction of sp³-hybridized carbons (Fsp3) is 0.182. The van der Waals surface area contributed by atoms with Gasteiger partial charge in [-0.15, -0.1) is 0 Å². The van der Waals surface area contributed by atoms with E-state index in [0.717, 1.165) is 22.3 Å². The molecule has 2 heterocycles. The Morgan fingerprint density at radius 2 is 2.07 bits per heavy atom. The van der Waals surface area contributed by atoms with Gasteiger partial charge < -0.3 is 14.8 Å². The highest BCUT2D eigenvalue weighted by Crippen LogP contribution is 2.22. The van der Waals surface area contributed by atoms with E-state index < -0.39 is 0 Å². The lowest BCUT2D eigenvalue weighted by molar-refractivity contribution is 0.382. The fourth-order valence-electron chi connectivity index (χ4n) is 3.21. The average molecular weight is 393 g/mol. The third-order valence-corrected chi connectivity index (χ3v) is 5.04. The van der Waals surface area contributed by atoms with Crippen LogP contribution in [-0.4, -0.2) is 21.7 Å². The van der Waals surface area contributed by atoms with E-state index in [-0.39, 0.29) is 0 Å². The lowest BCUT2D eigenvalue weighted by Crippen LogP contribution is -2.15. The Balaban J connectivity index is 1.36. The summed E-state index contributed by atoms with van der Waals surface area (Å²) < 4.78 is 5.39. The van der Waals surface area contributed by atoms with Crippen molar-refractivity contribution in [1.82, 2.24) is 20.4 Å². The Bertz CT molecular complexity index is 1130. The molecule has 2 N–H and O–H groups in total.